The van der Waals surface area contributed by atoms with Gasteiger partial charge >= 0.3 is 0 Å². The number of rotatable bonds is 6. The highest BCUT2D eigenvalue weighted by molar-refractivity contribution is 5.78. The monoisotopic (exact) mass is 297 g/mol. The summed E-state index contributed by atoms with van der Waals surface area (Å²) < 4.78 is 0. The van der Waals surface area contributed by atoms with E-state index in [2.05, 4.69) is 30.7 Å². The van der Waals surface area contributed by atoms with Crippen molar-refractivity contribution < 1.29 is 9.90 Å². The summed E-state index contributed by atoms with van der Waals surface area (Å²) in [5, 5.41) is 10.2. The van der Waals surface area contributed by atoms with E-state index in [1.54, 1.807) is 4.90 Å². The molecule has 1 N–H and O–H groups in total. The summed E-state index contributed by atoms with van der Waals surface area (Å²) in [6, 6.07) is 1.19. The van der Waals surface area contributed by atoms with Crippen molar-refractivity contribution in [2.24, 2.45) is 0 Å². The van der Waals surface area contributed by atoms with Gasteiger partial charge in [-0.05, 0) is 53.2 Å². The Morgan fingerprint density at radius 3 is 2.48 bits per heavy atom. The molecule has 2 rings (SSSR count). The molecule has 0 aliphatic carbocycles. The van der Waals surface area contributed by atoms with Crippen LogP contribution in [0.2, 0.25) is 0 Å². The molecule has 0 radical (unpaired) electrons. The fourth-order valence-corrected chi connectivity index (χ4v) is 3.53. The van der Waals surface area contributed by atoms with Crippen molar-refractivity contribution in [3.05, 3.63) is 0 Å². The standard InChI is InChI=1S/C16H31N3O2/c1-13(2)18-9-6-14(7-10-18)17(3)11-15(20)12-19-8-4-5-16(19)21/h13-15,20H,4-12H2,1-3H3. The minimum absolute atomic E-state index is 0.196. The van der Waals surface area contributed by atoms with Crippen molar-refractivity contribution in [3.8, 4) is 0 Å². The lowest BCUT2D eigenvalue weighted by Crippen LogP contribution is -2.48. The third kappa shape index (κ3) is 4.66. The van der Waals surface area contributed by atoms with E-state index >= 15 is 0 Å². The lowest BCUT2D eigenvalue weighted by atomic mass is 10.0. The van der Waals surface area contributed by atoms with Gasteiger partial charge in [-0.25, -0.2) is 0 Å². The average Bonchev–Trinajstić information content (AvgIpc) is 2.84. The maximum Gasteiger partial charge on any atom is 0.222 e. The Morgan fingerprint density at radius 1 is 1.29 bits per heavy atom. The number of β-amino-alcohol motifs (C(OH)–C–C–N with tert-alkyl or cyclic N) is 1. The maximum absolute atomic E-state index is 11.6. The minimum atomic E-state index is -0.430. The number of likely N-dealkylation sites (N-methyl/N-ethyl adjacent to an activating group) is 1. The Bertz CT molecular complexity index is 340. The summed E-state index contributed by atoms with van der Waals surface area (Å²) >= 11 is 0. The predicted molar refractivity (Wildman–Crippen MR) is 84.2 cm³/mol. The second-order valence-corrected chi connectivity index (χ2v) is 6.90. The van der Waals surface area contributed by atoms with Crippen molar-refractivity contribution in [3.63, 3.8) is 0 Å². The number of carbonyl (C=O) groups is 1. The number of hydrogen-bond acceptors (Lipinski definition) is 4. The van der Waals surface area contributed by atoms with Gasteiger partial charge in [-0.15, -0.1) is 0 Å². The zero-order valence-electron chi connectivity index (χ0n) is 13.8. The number of piperidine rings is 1. The Morgan fingerprint density at radius 2 is 1.95 bits per heavy atom. The van der Waals surface area contributed by atoms with Crippen LogP contribution in [0, 0.1) is 0 Å². The van der Waals surface area contributed by atoms with Crippen LogP contribution in [0.25, 0.3) is 0 Å². The molecule has 1 unspecified atom stereocenters. The van der Waals surface area contributed by atoms with Crippen LogP contribution < -0.4 is 0 Å². The first-order chi connectivity index (χ1) is 9.97. The van der Waals surface area contributed by atoms with Crippen molar-refractivity contribution in [2.45, 2.75) is 57.7 Å². The zero-order valence-corrected chi connectivity index (χ0v) is 13.8. The summed E-state index contributed by atoms with van der Waals surface area (Å²) in [5.74, 6) is 0.196. The largest absolute Gasteiger partial charge is 0.390 e. The molecule has 2 saturated heterocycles. The van der Waals surface area contributed by atoms with Crippen LogP contribution in [0.3, 0.4) is 0 Å². The Kier molecular flexibility index (Phi) is 6.02. The lowest BCUT2D eigenvalue weighted by Gasteiger charge is -2.39. The van der Waals surface area contributed by atoms with Gasteiger partial charge in [0.15, 0.2) is 0 Å². The first-order valence-corrected chi connectivity index (χ1v) is 8.37. The van der Waals surface area contributed by atoms with Crippen molar-refractivity contribution in [2.75, 3.05) is 39.8 Å². The van der Waals surface area contributed by atoms with E-state index in [-0.39, 0.29) is 5.91 Å². The molecule has 122 valence electrons. The molecule has 2 heterocycles. The van der Waals surface area contributed by atoms with Crippen molar-refractivity contribution in [1.29, 1.82) is 0 Å². The van der Waals surface area contributed by atoms with Crippen molar-refractivity contribution >= 4 is 5.91 Å². The van der Waals surface area contributed by atoms with Crippen LogP contribution in [-0.2, 0) is 4.79 Å². The summed E-state index contributed by atoms with van der Waals surface area (Å²) in [5.41, 5.74) is 0. The Hall–Kier alpha value is -0.650. The highest BCUT2D eigenvalue weighted by Crippen LogP contribution is 2.18. The summed E-state index contributed by atoms with van der Waals surface area (Å²) in [4.78, 5) is 18.2. The quantitative estimate of drug-likeness (QED) is 0.787. The van der Waals surface area contributed by atoms with Gasteiger partial charge in [-0.3, -0.25) is 4.79 Å². The van der Waals surface area contributed by atoms with E-state index in [9.17, 15) is 9.90 Å². The van der Waals surface area contributed by atoms with Gasteiger partial charge in [0.25, 0.3) is 0 Å². The van der Waals surface area contributed by atoms with E-state index in [4.69, 9.17) is 0 Å². The number of amides is 1. The Balaban J connectivity index is 1.71. The van der Waals surface area contributed by atoms with Crippen LogP contribution in [0.15, 0.2) is 0 Å². The Labute approximate surface area is 128 Å². The first-order valence-electron chi connectivity index (χ1n) is 8.37. The van der Waals surface area contributed by atoms with Crippen LogP contribution in [0.4, 0.5) is 0 Å². The van der Waals surface area contributed by atoms with Gasteiger partial charge in [0.1, 0.15) is 0 Å². The van der Waals surface area contributed by atoms with Crippen LogP contribution >= 0.6 is 0 Å². The van der Waals surface area contributed by atoms with E-state index in [0.29, 0.717) is 31.6 Å². The molecule has 2 fully saturated rings. The molecule has 0 saturated carbocycles. The molecule has 0 bridgehead atoms. The molecule has 0 aromatic rings. The maximum atomic E-state index is 11.6. The molecular weight excluding hydrogens is 266 g/mol. The summed E-state index contributed by atoms with van der Waals surface area (Å²) in [6.07, 6.45) is 3.50. The van der Waals surface area contributed by atoms with Gasteiger partial charge in [-0.2, -0.15) is 0 Å². The topological polar surface area (TPSA) is 47.0 Å². The van der Waals surface area contributed by atoms with E-state index in [1.807, 2.05) is 0 Å². The zero-order chi connectivity index (χ0) is 15.4. The van der Waals surface area contributed by atoms with Crippen LogP contribution in [0.1, 0.15) is 39.5 Å². The molecule has 1 atom stereocenters. The SMILES string of the molecule is CC(C)N1CCC(N(C)CC(O)CN2CCCC2=O)CC1. The van der Waals surface area contributed by atoms with E-state index in [0.717, 1.165) is 26.1 Å². The molecule has 0 aromatic heterocycles. The first kappa shape index (κ1) is 16.7. The smallest absolute Gasteiger partial charge is 0.222 e. The molecule has 2 aliphatic heterocycles. The number of aliphatic hydroxyl groups excluding tert-OH is 1. The molecule has 0 aromatic carbocycles. The number of nitrogens with zero attached hydrogens (tertiary/aromatic N) is 3. The van der Waals surface area contributed by atoms with Crippen molar-refractivity contribution in [1.82, 2.24) is 14.7 Å². The minimum Gasteiger partial charge on any atom is -0.390 e. The van der Waals surface area contributed by atoms with E-state index < -0.39 is 6.10 Å². The summed E-state index contributed by atoms with van der Waals surface area (Å²) in [6.45, 7) is 8.76. The fourth-order valence-electron chi connectivity index (χ4n) is 3.53. The van der Waals surface area contributed by atoms with Gasteiger partial charge in [-0.1, -0.05) is 0 Å². The molecule has 21 heavy (non-hydrogen) atoms. The molecular formula is C16H31N3O2. The average molecular weight is 297 g/mol. The van der Waals surface area contributed by atoms with Gasteiger partial charge < -0.3 is 19.8 Å². The van der Waals surface area contributed by atoms with Crippen LogP contribution in [-0.4, -0.2) is 83.7 Å². The van der Waals surface area contributed by atoms with Gasteiger partial charge in [0.2, 0.25) is 5.91 Å². The highest BCUT2D eigenvalue weighted by atomic mass is 16.3. The van der Waals surface area contributed by atoms with Gasteiger partial charge in [0.05, 0.1) is 6.10 Å². The summed E-state index contributed by atoms with van der Waals surface area (Å²) in [7, 11) is 2.10. The molecule has 5 heteroatoms. The lowest BCUT2D eigenvalue weighted by molar-refractivity contribution is -0.129. The highest BCUT2D eigenvalue weighted by Gasteiger charge is 2.27. The van der Waals surface area contributed by atoms with E-state index in [1.165, 1.54) is 12.8 Å². The van der Waals surface area contributed by atoms with Gasteiger partial charge in [0, 0.05) is 38.1 Å². The second kappa shape index (κ2) is 7.56. The normalized spacial score (nSPS) is 23.5. The number of carbonyl (C=O) groups excluding carboxylic acids is 1. The molecule has 5 nitrogen and oxygen atoms in total. The molecule has 0 spiro atoms. The number of hydrogen-bond donors (Lipinski definition) is 1. The van der Waals surface area contributed by atoms with Crippen LogP contribution in [0.5, 0.6) is 0 Å². The third-order valence-electron chi connectivity index (χ3n) is 4.95. The number of aliphatic hydroxyl groups is 1. The molecule has 2 aliphatic rings. The second-order valence-electron chi connectivity index (χ2n) is 6.90. The number of likely N-dealkylation sites (tertiary alicyclic amines) is 2. The third-order valence-corrected chi connectivity index (χ3v) is 4.95. The fraction of sp³-hybridized carbons (Fsp3) is 0.938. The predicted octanol–water partition coefficient (Wildman–Crippen LogP) is 0.774. The molecule has 1 amide bonds.